The Morgan fingerprint density at radius 1 is 1.26 bits per heavy atom. The molecular formula is C22H18Cl2FN5O4S. The van der Waals surface area contributed by atoms with Crippen molar-refractivity contribution in [1.29, 1.82) is 0 Å². The summed E-state index contributed by atoms with van der Waals surface area (Å²) in [6, 6.07) is 8.38. The number of benzene rings is 2. The first kappa shape index (κ1) is 24.7. The summed E-state index contributed by atoms with van der Waals surface area (Å²) in [6.45, 7) is 1.70. The van der Waals surface area contributed by atoms with Gasteiger partial charge in [0.15, 0.2) is 0 Å². The van der Waals surface area contributed by atoms with Crippen molar-refractivity contribution in [2.24, 2.45) is 0 Å². The van der Waals surface area contributed by atoms with Crippen LogP contribution in [0.15, 0.2) is 53.6 Å². The van der Waals surface area contributed by atoms with E-state index in [0.717, 1.165) is 6.07 Å². The lowest BCUT2D eigenvalue weighted by Crippen LogP contribution is -2.19. The van der Waals surface area contributed by atoms with Crippen molar-refractivity contribution in [3.8, 4) is 11.3 Å². The van der Waals surface area contributed by atoms with E-state index in [2.05, 4.69) is 14.8 Å². The van der Waals surface area contributed by atoms with Crippen molar-refractivity contribution in [3.63, 3.8) is 0 Å². The number of nitrogen functional groups attached to an aromatic ring is 1. The number of sulfonamides is 1. The molecule has 4 N–H and O–H groups in total. The van der Waals surface area contributed by atoms with Gasteiger partial charge in [-0.3, -0.25) is 4.72 Å². The number of carbonyl (C=O) groups is 1. The van der Waals surface area contributed by atoms with E-state index in [1.807, 2.05) is 0 Å². The van der Waals surface area contributed by atoms with Crippen LogP contribution in [0.2, 0.25) is 10.0 Å². The Morgan fingerprint density at radius 2 is 2.00 bits per heavy atom. The van der Waals surface area contributed by atoms with Crippen LogP contribution in [0.4, 0.5) is 15.9 Å². The van der Waals surface area contributed by atoms with E-state index in [9.17, 15) is 18.3 Å². The molecule has 2 heterocycles. The van der Waals surface area contributed by atoms with Crippen LogP contribution < -0.4 is 10.5 Å². The number of hydrogen-bond acceptors (Lipinski definition) is 6. The Morgan fingerprint density at radius 3 is 2.66 bits per heavy atom. The van der Waals surface area contributed by atoms with Crippen LogP contribution >= 0.6 is 23.2 Å². The SMILES string of the molecule is CCC(C(=O)O)n1nc(-c2ccc(NS(=O)(=O)c3cccc(Cl)c3Cl)c(F)c2)c2c(N)nccc21. The number of pyridine rings is 1. The van der Waals surface area contributed by atoms with Gasteiger partial charge in [0.25, 0.3) is 10.0 Å². The minimum Gasteiger partial charge on any atom is -0.480 e. The second-order valence-electron chi connectivity index (χ2n) is 7.50. The zero-order valence-corrected chi connectivity index (χ0v) is 20.4. The number of anilines is 2. The lowest BCUT2D eigenvalue weighted by atomic mass is 10.1. The lowest BCUT2D eigenvalue weighted by Gasteiger charge is -2.12. The van der Waals surface area contributed by atoms with Gasteiger partial charge in [0.05, 0.1) is 26.6 Å². The predicted molar refractivity (Wildman–Crippen MR) is 132 cm³/mol. The standard InChI is InChI=1S/C22H18Cl2FN5O4S/c1-2-15(22(31)32)30-16-8-9-27-21(26)18(16)20(28-30)11-6-7-14(13(25)10-11)29-35(33,34)17-5-3-4-12(23)19(17)24/h3-10,15,29H,2H2,1H3,(H2,26,27)(H,31,32). The minimum atomic E-state index is -4.25. The first-order valence-corrected chi connectivity index (χ1v) is 12.4. The van der Waals surface area contributed by atoms with E-state index in [0.29, 0.717) is 10.9 Å². The highest BCUT2D eigenvalue weighted by molar-refractivity contribution is 7.92. The van der Waals surface area contributed by atoms with Crippen molar-refractivity contribution in [2.45, 2.75) is 24.3 Å². The number of aromatic nitrogens is 3. The van der Waals surface area contributed by atoms with Gasteiger partial charge in [-0.15, -0.1) is 0 Å². The van der Waals surface area contributed by atoms with Crippen LogP contribution in [0.25, 0.3) is 22.2 Å². The highest BCUT2D eigenvalue weighted by Gasteiger charge is 2.26. The fourth-order valence-electron chi connectivity index (χ4n) is 3.64. The van der Waals surface area contributed by atoms with Gasteiger partial charge >= 0.3 is 5.97 Å². The van der Waals surface area contributed by atoms with E-state index < -0.39 is 27.9 Å². The average molecular weight is 538 g/mol. The first-order chi connectivity index (χ1) is 16.5. The van der Waals surface area contributed by atoms with Crippen LogP contribution in [0, 0.1) is 5.82 Å². The number of carboxylic acids is 1. The number of carboxylic acid groups (broad SMARTS) is 1. The molecule has 0 fully saturated rings. The summed E-state index contributed by atoms with van der Waals surface area (Å²) in [5.41, 5.74) is 6.58. The Labute approximate surface area is 209 Å². The van der Waals surface area contributed by atoms with Gasteiger partial charge in [-0.1, -0.05) is 42.3 Å². The maximum Gasteiger partial charge on any atom is 0.328 e. The molecule has 0 aliphatic rings. The van der Waals surface area contributed by atoms with Crippen molar-refractivity contribution in [2.75, 3.05) is 10.5 Å². The third-order valence-corrected chi connectivity index (χ3v) is 7.65. The highest BCUT2D eigenvalue weighted by Crippen LogP contribution is 2.35. The Balaban J connectivity index is 1.78. The van der Waals surface area contributed by atoms with Crippen LogP contribution in [0.3, 0.4) is 0 Å². The molecule has 1 unspecified atom stereocenters. The number of nitrogens with zero attached hydrogens (tertiary/aromatic N) is 3. The van der Waals surface area contributed by atoms with Gasteiger partial charge in [0.1, 0.15) is 28.3 Å². The average Bonchev–Trinajstić information content (AvgIpc) is 3.18. The summed E-state index contributed by atoms with van der Waals surface area (Å²) >= 11 is 11.9. The van der Waals surface area contributed by atoms with E-state index in [-0.39, 0.29) is 44.1 Å². The van der Waals surface area contributed by atoms with Gasteiger partial charge in [-0.25, -0.2) is 27.3 Å². The summed E-state index contributed by atoms with van der Waals surface area (Å²) in [7, 11) is -4.25. The molecule has 35 heavy (non-hydrogen) atoms. The summed E-state index contributed by atoms with van der Waals surface area (Å²) in [5, 5.41) is 14.2. The van der Waals surface area contributed by atoms with Gasteiger partial charge in [0.2, 0.25) is 0 Å². The summed E-state index contributed by atoms with van der Waals surface area (Å²) in [4.78, 5) is 15.5. The van der Waals surface area contributed by atoms with E-state index in [4.69, 9.17) is 28.9 Å². The number of fused-ring (bicyclic) bond motifs is 1. The maximum absolute atomic E-state index is 15.1. The maximum atomic E-state index is 15.1. The molecule has 0 aliphatic carbocycles. The quantitative estimate of drug-likeness (QED) is 0.302. The molecule has 0 amide bonds. The van der Waals surface area contributed by atoms with Gasteiger partial charge in [0, 0.05) is 11.8 Å². The molecule has 182 valence electrons. The van der Waals surface area contributed by atoms with Crippen molar-refractivity contribution >= 4 is 61.6 Å². The molecule has 0 saturated heterocycles. The smallest absolute Gasteiger partial charge is 0.328 e. The molecule has 0 aliphatic heterocycles. The monoisotopic (exact) mass is 537 g/mol. The lowest BCUT2D eigenvalue weighted by molar-refractivity contribution is -0.141. The minimum absolute atomic E-state index is 0.0331. The second kappa shape index (κ2) is 9.33. The van der Waals surface area contributed by atoms with Crippen LogP contribution in [-0.2, 0) is 14.8 Å². The number of nitrogens with one attached hydrogen (secondary N) is 1. The summed E-state index contributed by atoms with van der Waals surface area (Å²) in [6.07, 6.45) is 1.67. The normalized spacial score (nSPS) is 12.6. The van der Waals surface area contributed by atoms with E-state index in [1.54, 1.807) is 13.0 Å². The zero-order valence-electron chi connectivity index (χ0n) is 18.0. The largest absolute Gasteiger partial charge is 0.480 e. The third-order valence-electron chi connectivity index (χ3n) is 5.31. The first-order valence-electron chi connectivity index (χ1n) is 10.2. The molecule has 2 aromatic carbocycles. The fraction of sp³-hybridized carbons (Fsp3) is 0.136. The Kier molecular flexibility index (Phi) is 6.58. The van der Waals surface area contributed by atoms with Crippen LogP contribution in [-0.4, -0.2) is 34.3 Å². The molecule has 0 bridgehead atoms. The summed E-state index contributed by atoms with van der Waals surface area (Å²) < 4.78 is 44.0. The number of halogens is 3. The van der Waals surface area contributed by atoms with Gasteiger partial charge in [-0.2, -0.15) is 5.10 Å². The van der Waals surface area contributed by atoms with Crippen molar-refractivity contribution in [3.05, 3.63) is 64.5 Å². The third kappa shape index (κ3) is 4.49. The number of hydrogen-bond donors (Lipinski definition) is 3. The molecule has 13 heteroatoms. The predicted octanol–water partition coefficient (Wildman–Crippen LogP) is 4.96. The fourth-order valence-corrected chi connectivity index (χ4v) is 5.47. The molecule has 0 saturated carbocycles. The van der Waals surface area contributed by atoms with Crippen molar-refractivity contribution < 1.29 is 22.7 Å². The second-order valence-corrected chi connectivity index (χ2v) is 9.93. The molecule has 0 radical (unpaired) electrons. The van der Waals surface area contributed by atoms with E-state index in [1.165, 1.54) is 41.2 Å². The topological polar surface area (TPSA) is 140 Å². The molecule has 2 aromatic heterocycles. The Hall–Kier alpha value is -3.41. The molecule has 4 rings (SSSR count). The number of nitrogens with two attached hydrogens (primary N) is 1. The number of rotatable bonds is 7. The highest BCUT2D eigenvalue weighted by atomic mass is 35.5. The van der Waals surface area contributed by atoms with Crippen molar-refractivity contribution in [1.82, 2.24) is 14.8 Å². The van der Waals surface area contributed by atoms with E-state index >= 15 is 4.39 Å². The number of aliphatic carboxylic acids is 1. The van der Waals surface area contributed by atoms with Crippen LogP contribution in [0.5, 0.6) is 0 Å². The Bertz CT molecular complexity index is 1580. The molecular weight excluding hydrogens is 520 g/mol. The molecule has 4 aromatic rings. The molecule has 1 atom stereocenters. The van der Waals surface area contributed by atoms with Crippen LogP contribution in [0.1, 0.15) is 19.4 Å². The zero-order chi connectivity index (χ0) is 25.5. The molecule has 0 spiro atoms. The van der Waals surface area contributed by atoms with Gasteiger partial charge in [-0.05, 0) is 36.8 Å². The molecule has 9 nitrogen and oxygen atoms in total. The summed E-state index contributed by atoms with van der Waals surface area (Å²) in [5.74, 6) is -1.90. The van der Waals surface area contributed by atoms with Gasteiger partial charge < -0.3 is 10.8 Å².